The third-order valence-electron chi connectivity index (χ3n) is 2.63. The van der Waals surface area contributed by atoms with E-state index in [0.717, 1.165) is 6.54 Å². The van der Waals surface area contributed by atoms with E-state index in [-0.39, 0.29) is 11.6 Å². The van der Waals surface area contributed by atoms with E-state index in [1.807, 2.05) is 6.92 Å². The third kappa shape index (κ3) is 3.44. The van der Waals surface area contributed by atoms with Crippen molar-refractivity contribution in [3.05, 3.63) is 29.3 Å². The molecule has 0 aliphatic rings. The van der Waals surface area contributed by atoms with Crippen molar-refractivity contribution in [3.8, 4) is 0 Å². The molecule has 0 saturated carbocycles. The largest absolute Gasteiger partial charge is 0.360 e. The van der Waals surface area contributed by atoms with Gasteiger partial charge in [-0.1, -0.05) is 12.1 Å². The van der Waals surface area contributed by atoms with E-state index >= 15 is 0 Å². The number of aromatic nitrogens is 3. The molecule has 0 spiro atoms. The summed E-state index contributed by atoms with van der Waals surface area (Å²) < 4.78 is 31.8. The van der Waals surface area contributed by atoms with Crippen LogP contribution in [0.25, 0.3) is 0 Å². The van der Waals surface area contributed by atoms with Gasteiger partial charge in [-0.05, 0) is 13.5 Å². The zero-order valence-electron chi connectivity index (χ0n) is 11.3. The van der Waals surface area contributed by atoms with E-state index in [9.17, 15) is 8.42 Å². The van der Waals surface area contributed by atoms with E-state index in [2.05, 4.69) is 25.4 Å². The normalized spacial score (nSPS) is 11.9. The maximum atomic E-state index is 12.2. The van der Waals surface area contributed by atoms with Gasteiger partial charge >= 0.3 is 0 Å². The molecule has 0 aromatic carbocycles. The average Bonchev–Trinajstić information content (AvgIpc) is 3.03. The first kappa shape index (κ1) is 14.7. The van der Waals surface area contributed by atoms with Gasteiger partial charge in [0.15, 0.2) is 10.8 Å². The molecule has 2 rings (SSSR count). The second-order valence-electron chi connectivity index (χ2n) is 4.26. The molecule has 9 heteroatoms. The molecule has 20 heavy (non-hydrogen) atoms. The summed E-state index contributed by atoms with van der Waals surface area (Å²) >= 11 is 0. The predicted molar refractivity (Wildman–Crippen MR) is 71.2 cm³/mol. The third-order valence-corrected chi connectivity index (χ3v) is 4.04. The molecule has 2 heterocycles. The Morgan fingerprint density at radius 3 is 2.85 bits per heavy atom. The van der Waals surface area contributed by atoms with E-state index < -0.39 is 10.0 Å². The van der Waals surface area contributed by atoms with Crippen LogP contribution in [0.1, 0.15) is 23.9 Å². The Bertz CT molecular complexity index is 661. The van der Waals surface area contributed by atoms with Crippen molar-refractivity contribution in [2.45, 2.75) is 32.0 Å². The summed E-state index contributed by atoms with van der Waals surface area (Å²) in [5.41, 5.74) is 1.29. The molecule has 2 aromatic rings. The Kier molecular flexibility index (Phi) is 4.53. The van der Waals surface area contributed by atoms with Gasteiger partial charge in [-0.25, -0.2) is 13.1 Å². The average molecular weight is 299 g/mol. The van der Waals surface area contributed by atoms with Crippen LogP contribution in [0.3, 0.4) is 0 Å². The molecule has 0 aliphatic carbocycles. The molecule has 0 saturated heterocycles. The molecule has 0 radical (unpaired) electrons. The molecule has 0 unspecified atom stereocenters. The first-order valence-corrected chi connectivity index (χ1v) is 7.66. The lowest BCUT2D eigenvalue weighted by atomic mass is 10.3. The van der Waals surface area contributed by atoms with Gasteiger partial charge in [0.2, 0.25) is 0 Å². The van der Waals surface area contributed by atoms with Crippen molar-refractivity contribution in [1.29, 1.82) is 0 Å². The fraction of sp³-hybridized carbons (Fsp3) is 0.455. The summed E-state index contributed by atoms with van der Waals surface area (Å²) in [6, 6.07) is 1.68. The molecule has 2 aromatic heterocycles. The van der Waals surface area contributed by atoms with Crippen LogP contribution in [0.2, 0.25) is 0 Å². The number of aromatic amines is 1. The molecule has 0 aliphatic heterocycles. The van der Waals surface area contributed by atoms with Gasteiger partial charge < -0.3 is 9.84 Å². The van der Waals surface area contributed by atoms with Crippen LogP contribution >= 0.6 is 0 Å². The Labute approximate surface area is 117 Å². The van der Waals surface area contributed by atoms with Gasteiger partial charge in [0.1, 0.15) is 0 Å². The van der Waals surface area contributed by atoms with Crippen LogP contribution in [0.5, 0.6) is 0 Å². The summed E-state index contributed by atoms with van der Waals surface area (Å²) in [7, 11) is -3.66. The fourth-order valence-corrected chi connectivity index (χ4v) is 2.77. The number of nitrogens with zero attached hydrogens (tertiary/aromatic N) is 2. The van der Waals surface area contributed by atoms with E-state index in [0.29, 0.717) is 23.6 Å². The van der Waals surface area contributed by atoms with E-state index in [4.69, 9.17) is 4.52 Å². The summed E-state index contributed by atoms with van der Waals surface area (Å²) in [4.78, 5) is 0. The molecule has 0 atom stereocenters. The van der Waals surface area contributed by atoms with Crippen LogP contribution in [0.15, 0.2) is 21.8 Å². The van der Waals surface area contributed by atoms with Crippen molar-refractivity contribution >= 4 is 10.0 Å². The van der Waals surface area contributed by atoms with Gasteiger partial charge in [0, 0.05) is 18.2 Å². The molecular weight excluding hydrogens is 282 g/mol. The van der Waals surface area contributed by atoms with Crippen molar-refractivity contribution in [2.75, 3.05) is 6.54 Å². The molecule has 3 N–H and O–H groups in total. The molecule has 110 valence electrons. The predicted octanol–water partition coefficient (Wildman–Crippen LogP) is 0.294. The smallest absolute Gasteiger partial charge is 0.258 e. The van der Waals surface area contributed by atoms with Crippen LogP contribution in [0, 0.1) is 6.92 Å². The molecule has 0 bridgehead atoms. The second-order valence-corrected chi connectivity index (χ2v) is 5.97. The van der Waals surface area contributed by atoms with Gasteiger partial charge in [-0.15, -0.1) is 0 Å². The van der Waals surface area contributed by atoms with E-state index in [1.54, 1.807) is 13.0 Å². The second kappa shape index (κ2) is 6.16. The monoisotopic (exact) mass is 299 g/mol. The Balaban J connectivity index is 2.08. The highest BCUT2D eigenvalue weighted by Crippen LogP contribution is 2.12. The highest BCUT2D eigenvalue weighted by molar-refractivity contribution is 7.89. The maximum Gasteiger partial charge on any atom is 0.258 e. The number of sulfonamides is 1. The molecule has 0 amide bonds. The highest BCUT2D eigenvalue weighted by Gasteiger charge is 2.20. The van der Waals surface area contributed by atoms with Crippen molar-refractivity contribution in [3.63, 3.8) is 0 Å². The van der Waals surface area contributed by atoms with Gasteiger partial charge in [0.25, 0.3) is 10.0 Å². The number of H-pyrrole nitrogens is 1. The van der Waals surface area contributed by atoms with Gasteiger partial charge in [-0.3, -0.25) is 5.10 Å². The number of nitrogens with one attached hydrogen (secondary N) is 3. The number of hydrogen-bond acceptors (Lipinski definition) is 6. The highest BCUT2D eigenvalue weighted by atomic mass is 32.2. The van der Waals surface area contributed by atoms with Crippen molar-refractivity contribution in [2.24, 2.45) is 0 Å². The SMILES string of the molecule is CCNCc1cn[nH]c1S(=O)(=O)NCc1cc(C)no1. The number of rotatable bonds is 7. The molecule has 0 fully saturated rings. The lowest BCUT2D eigenvalue weighted by Crippen LogP contribution is -2.25. The topological polar surface area (TPSA) is 113 Å². The zero-order chi connectivity index (χ0) is 14.6. The number of aryl methyl sites for hydroxylation is 1. The zero-order valence-corrected chi connectivity index (χ0v) is 12.1. The van der Waals surface area contributed by atoms with Crippen LogP contribution in [-0.4, -0.2) is 30.3 Å². The summed E-state index contributed by atoms with van der Waals surface area (Å²) in [6.07, 6.45) is 1.50. The Hall–Kier alpha value is -1.71. The van der Waals surface area contributed by atoms with Crippen molar-refractivity contribution < 1.29 is 12.9 Å². The summed E-state index contributed by atoms with van der Waals surface area (Å²) in [5, 5.41) is 13.1. The Morgan fingerprint density at radius 2 is 2.20 bits per heavy atom. The molecule has 8 nitrogen and oxygen atoms in total. The van der Waals surface area contributed by atoms with Crippen LogP contribution < -0.4 is 10.0 Å². The van der Waals surface area contributed by atoms with Crippen LogP contribution in [0.4, 0.5) is 0 Å². The Morgan fingerprint density at radius 1 is 1.40 bits per heavy atom. The summed E-state index contributed by atoms with van der Waals surface area (Å²) in [5.74, 6) is 0.457. The summed E-state index contributed by atoms with van der Waals surface area (Å²) in [6.45, 7) is 4.94. The minimum atomic E-state index is -3.66. The van der Waals surface area contributed by atoms with Gasteiger partial charge in [-0.2, -0.15) is 5.10 Å². The standard InChI is InChI=1S/C11H17N5O3S/c1-3-12-5-9-6-13-15-11(9)20(17,18)14-7-10-4-8(2)16-19-10/h4,6,12,14H,3,5,7H2,1-2H3,(H,13,15). The first-order chi connectivity index (χ1) is 9.53. The first-order valence-electron chi connectivity index (χ1n) is 6.17. The molecular formula is C11H17N5O3S. The lowest BCUT2D eigenvalue weighted by molar-refractivity contribution is 0.377. The minimum Gasteiger partial charge on any atom is -0.360 e. The van der Waals surface area contributed by atoms with Gasteiger partial charge in [0.05, 0.1) is 18.4 Å². The fourth-order valence-electron chi connectivity index (χ4n) is 1.66. The lowest BCUT2D eigenvalue weighted by Gasteiger charge is -2.06. The van der Waals surface area contributed by atoms with Crippen molar-refractivity contribution in [1.82, 2.24) is 25.4 Å². The quantitative estimate of drug-likeness (QED) is 0.677. The van der Waals surface area contributed by atoms with Crippen LogP contribution in [-0.2, 0) is 23.1 Å². The van der Waals surface area contributed by atoms with E-state index in [1.165, 1.54) is 6.20 Å². The maximum absolute atomic E-state index is 12.2. The minimum absolute atomic E-state index is 0.0445. The number of hydrogen-bond donors (Lipinski definition) is 3.